The zero-order valence-electron chi connectivity index (χ0n) is 11.1. The average molecular weight is 252 g/mol. The van der Waals surface area contributed by atoms with Crippen molar-refractivity contribution < 1.29 is 9.05 Å². The van der Waals surface area contributed by atoms with E-state index in [0.717, 1.165) is 12.3 Å². The second kappa shape index (κ2) is 2.93. The van der Waals surface area contributed by atoms with Crippen molar-refractivity contribution in [3.8, 4) is 0 Å². The first-order valence-electron chi connectivity index (χ1n) is 6.29. The number of benzene rings is 1. The van der Waals surface area contributed by atoms with Crippen LogP contribution in [0.3, 0.4) is 0 Å². The number of hydrogen-bond donors (Lipinski definition) is 0. The summed E-state index contributed by atoms with van der Waals surface area (Å²) in [5, 5.41) is 1.29. The Labute approximate surface area is 103 Å². The fourth-order valence-electron chi connectivity index (χ4n) is 2.74. The van der Waals surface area contributed by atoms with E-state index in [4.69, 9.17) is 9.05 Å². The summed E-state index contributed by atoms with van der Waals surface area (Å²) in [7, 11) is -2.47. The molecule has 2 aliphatic rings. The van der Waals surface area contributed by atoms with E-state index in [1.165, 1.54) is 5.30 Å². The Bertz CT molecular complexity index is 440. The molecule has 0 unspecified atom stereocenters. The van der Waals surface area contributed by atoms with Gasteiger partial charge in [-0.3, -0.25) is 0 Å². The molecule has 1 aromatic carbocycles. The van der Waals surface area contributed by atoms with Gasteiger partial charge in [0.1, 0.15) is 0 Å². The van der Waals surface area contributed by atoms with Crippen LogP contribution in [0.2, 0.25) is 0 Å². The van der Waals surface area contributed by atoms with Crippen molar-refractivity contribution in [1.82, 2.24) is 0 Å². The van der Waals surface area contributed by atoms with Crippen molar-refractivity contribution in [2.75, 3.05) is 12.3 Å². The second-order valence-corrected chi connectivity index (χ2v) is 10.7. The third-order valence-electron chi connectivity index (χ3n) is 4.47. The first-order valence-corrected chi connectivity index (χ1v) is 8.73. The molecular formula is C14H21O2P. The Morgan fingerprint density at radius 1 is 0.882 bits per heavy atom. The van der Waals surface area contributed by atoms with Crippen molar-refractivity contribution >= 4 is 12.4 Å². The molecule has 2 aliphatic heterocycles. The molecule has 2 saturated heterocycles. The van der Waals surface area contributed by atoms with Crippen LogP contribution in [0.1, 0.15) is 27.7 Å². The summed E-state index contributed by atoms with van der Waals surface area (Å²) in [6.45, 7) is 8.59. The zero-order chi connectivity index (χ0) is 12.4. The van der Waals surface area contributed by atoms with E-state index in [9.17, 15) is 0 Å². The topological polar surface area (TPSA) is 18.5 Å². The van der Waals surface area contributed by atoms with Gasteiger partial charge in [0, 0.05) is 0 Å². The van der Waals surface area contributed by atoms with Crippen LogP contribution in [-0.4, -0.2) is 23.5 Å². The van der Waals surface area contributed by atoms with Crippen LogP contribution in [0.25, 0.3) is 0 Å². The molecule has 0 bridgehead atoms. The fraction of sp³-hybridized carbons (Fsp3) is 0.571. The minimum absolute atomic E-state index is 0.211. The van der Waals surface area contributed by atoms with Crippen LogP contribution in [0, 0.1) is 0 Å². The van der Waals surface area contributed by atoms with Crippen LogP contribution in [0.15, 0.2) is 30.3 Å². The molecule has 3 heteroatoms. The summed E-state index contributed by atoms with van der Waals surface area (Å²) < 4.78 is 13.1. The second-order valence-electron chi connectivity index (χ2n) is 6.30. The van der Waals surface area contributed by atoms with E-state index < -0.39 is 7.06 Å². The SMILES string of the molecule is CC1(C)OP2(c3ccccc3)(CC2)OC1(C)C. The van der Waals surface area contributed by atoms with Crippen molar-refractivity contribution in [2.24, 2.45) is 0 Å². The normalized spacial score (nSPS) is 32.8. The van der Waals surface area contributed by atoms with Gasteiger partial charge in [-0.1, -0.05) is 0 Å². The maximum atomic E-state index is 6.54. The van der Waals surface area contributed by atoms with Gasteiger partial charge in [-0.15, -0.1) is 0 Å². The van der Waals surface area contributed by atoms with Crippen LogP contribution in [-0.2, 0) is 9.05 Å². The van der Waals surface area contributed by atoms with Crippen LogP contribution in [0.5, 0.6) is 0 Å². The summed E-state index contributed by atoms with van der Waals surface area (Å²) in [4.78, 5) is 0. The van der Waals surface area contributed by atoms with E-state index in [1.807, 2.05) is 0 Å². The molecular weight excluding hydrogens is 231 g/mol. The van der Waals surface area contributed by atoms with Crippen LogP contribution in [0.4, 0.5) is 0 Å². The third kappa shape index (κ3) is 1.38. The Kier molecular flexibility index (Phi) is 2.01. The van der Waals surface area contributed by atoms with E-state index in [-0.39, 0.29) is 11.2 Å². The van der Waals surface area contributed by atoms with Gasteiger partial charge in [0.15, 0.2) is 0 Å². The molecule has 2 nitrogen and oxygen atoms in total. The molecule has 0 amide bonds. The van der Waals surface area contributed by atoms with Gasteiger partial charge >= 0.3 is 103 Å². The molecule has 0 atom stereocenters. The first-order chi connectivity index (χ1) is 7.80. The van der Waals surface area contributed by atoms with Crippen molar-refractivity contribution in [3.05, 3.63) is 30.3 Å². The zero-order valence-corrected chi connectivity index (χ0v) is 12.0. The van der Waals surface area contributed by atoms with Crippen LogP contribution >= 0.6 is 7.06 Å². The van der Waals surface area contributed by atoms with Gasteiger partial charge in [0.2, 0.25) is 0 Å². The quantitative estimate of drug-likeness (QED) is 0.714. The first kappa shape index (κ1) is 11.6. The molecule has 2 heterocycles. The van der Waals surface area contributed by atoms with E-state index in [2.05, 4.69) is 58.0 Å². The standard InChI is InChI=1S/C14H21O2P/c1-13(2)14(3,4)16-17(15-13,10-11-17)12-8-6-5-7-9-12/h5-9H,10-11H2,1-4H3. The number of hydrogen-bond acceptors (Lipinski definition) is 2. The molecule has 1 aromatic rings. The molecule has 0 saturated carbocycles. The molecule has 3 rings (SSSR count). The summed E-state index contributed by atoms with van der Waals surface area (Å²) in [6.07, 6.45) is 2.17. The van der Waals surface area contributed by atoms with Gasteiger partial charge in [-0.05, 0) is 0 Å². The Balaban J connectivity index is 2.11. The van der Waals surface area contributed by atoms with Crippen molar-refractivity contribution in [3.63, 3.8) is 0 Å². The molecule has 0 N–H and O–H groups in total. The summed E-state index contributed by atoms with van der Waals surface area (Å²) in [5.74, 6) is 0. The predicted molar refractivity (Wildman–Crippen MR) is 73.1 cm³/mol. The third-order valence-corrected chi connectivity index (χ3v) is 9.31. The predicted octanol–water partition coefficient (Wildman–Crippen LogP) is 3.31. The van der Waals surface area contributed by atoms with E-state index in [0.29, 0.717) is 0 Å². The van der Waals surface area contributed by atoms with E-state index >= 15 is 0 Å². The summed E-state index contributed by atoms with van der Waals surface area (Å²) in [6, 6.07) is 10.6. The number of rotatable bonds is 1. The Morgan fingerprint density at radius 2 is 1.35 bits per heavy atom. The Hall–Kier alpha value is -0.430. The van der Waals surface area contributed by atoms with Crippen molar-refractivity contribution in [2.45, 2.75) is 38.9 Å². The molecule has 0 radical (unpaired) electrons. The molecule has 17 heavy (non-hydrogen) atoms. The van der Waals surface area contributed by atoms with Gasteiger partial charge in [-0.2, -0.15) is 0 Å². The monoisotopic (exact) mass is 252 g/mol. The maximum absolute atomic E-state index is 6.54. The van der Waals surface area contributed by atoms with Crippen molar-refractivity contribution in [1.29, 1.82) is 0 Å². The van der Waals surface area contributed by atoms with E-state index in [1.54, 1.807) is 0 Å². The molecule has 2 fully saturated rings. The van der Waals surface area contributed by atoms with Gasteiger partial charge in [0.05, 0.1) is 0 Å². The molecule has 0 aliphatic carbocycles. The van der Waals surface area contributed by atoms with Gasteiger partial charge in [0.25, 0.3) is 0 Å². The minimum atomic E-state index is -2.47. The molecule has 94 valence electrons. The molecule has 0 aromatic heterocycles. The van der Waals surface area contributed by atoms with Crippen LogP contribution < -0.4 is 5.30 Å². The average Bonchev–Trinajstić information content (AvgIpc) is 2.90. The van der Waals surface area contributed by atoms with Gasteiger partial charge in [-0.25, -0.2) is 0 Å². The summed E-state index contributed by atoms with van der Waals surface area (Å²) >= 11 is 0. The van der Waals surface area contributed by atoms with Gasteiger partial charge < -0.3 is 0 Å². The Morgan fingerprint density at radius 3 is 1.76 bits per heavy atom. The fourth-order valence-corrected chi connectivity index (χ4v) is 8.32. The summed E-state index contributed by atoms with van der Waals surface area (Å²) in [5.41, 5.74) is -0.422. The molecule has 1 spiro atoms.